The molecule has 1 amide bonds. The minimum atomic E-state index is -4.33. The van der Waals surface area contributed by atoms with E-state index >= 15 is 0 Å². The van der Waals surface area contributed by atoms with Gasteiger partial charge in [0.25, 0.3) is 0 Å². The summed E-state index contributed by atoms with van der Waals surface area (Å²) in [4.78, 5) is 16.0. The molecule has 0 aromatic heterocycles. The Balaban J connectivity index is 2.19. The van der Waals surface area contributed by atoms with Crippen LogP contribution in [0.4, 0.5) is 18.0 Å². The van der Waals surface area contributed by atoms with E-state index in [9.17, 15) is 18.0 Å². The molecule has 5 nitrogen and oxygen atoms in total. The fourth-order valence-electron chi connectivity index (χ4n) is 2.07. The average molecular weight is 312 g/mol. The Labute approximate surface area is 122 Å². The zero-order valence-electron chi connectivity index (χ0n) is 12.5. The Kier molecular flexibility index (Phi) is 6.27. The van der Waals surface area contributed by atoms with E-state index in [1.54, 1.807) is 20.8 Å². The van der Waals surface area contributed by atoms with Crippen molar-refractivity contribution in [3.8, 4) is 0 Å². The summed E-state index contributed by atoms with van der Waals surface area (Å²) in [5.74, 6) is 0. The van der Waals surface area contributed by atoms with Crippen molar-refractivity contribution in [1.82, 2.24) is 10.8 Å². The molecule has 0 radical (unpaired) electrons. The van der Waals surface area contributed by atoms with Crippen LogP contribution in [0.3, 0.4) is 0 Å². The number of ether oxygens (including phenoxy) is 1. The third-order valence-corrected chi connectivity index (χ3v) is 2.93. The molecule has 0 spiro atoms. The third-order valence-electron chi connectivity index (χ3n) is 2.93. The minimum absolute atomic E-state index is 0.0134. The summed E-state index contributed by atoms with van der Waals surface area (Å²) in [6.45, 7) is 4.05. The van der Waals surface area contributed by atoms with Gasteiger partial charge in [-0.2, -0.15) is 18.7 Å². The molecule has 1 rings (SSSR count). The van der Waals surface area contributed by atoms with Gasteiger partial charge >= 0.3 is 12.3 Å². The summed E-state index contributed by atoms with van der Waals surface area (Å²) in [5.41, 5.74) is 1.88. The van der Waals surface area contributed by atoms with Crippen molar-refractivity contribution in [1.29, 1.82) is 0 Å². The molecular weight excluding hydrogens is 289 g/mol. The summed E-state index contributed by atoms with van der Waals surface area (Å²) in [7, 11) is 0. The molecule has 124 valence electrons. The molecule has 0 aromatic carbocycles. The molecule has 0 heterocycles. The van der Waals surface area contributed by atoms with Gasteiger partial charge in [0.1, 0.15) is 5.60 Å². The summed E-state index contributed by atoms with van der Waals surface area (Å²) < 4.78 is 40.9. The first kappa shape index (κ1) is 18.0. The highest BCUT2D eigenvalue weighted by molar-refractivity contribution is 5.68. The maximum atomic E-state index is 11.9. The molecule has 1 aliphatic carbocycles. The SMILES string of the molecule is CC(C)(C)OC(=O)NC1CCC(NOCC(F)(F)F)CC1. The Bertz CT molecular complexity index is 335. The fraction of sp³-hybridized carbons (Fsp3) is 0.923. The maximum absolute atomic E-state index is 11.9. The molecule has 8 heteroatoms. The van der Waals surface area contributed by atoms with Crippen LogP contribution in [0.15, 0.2) is 0 Å². The van der Waals surface area contributed by atoms with Gasteiger partial charge in [0.2, 0.25) is 0 Å². The molecule has 0 aromatic rings. The standard InChI is InChI=1S/C13H23F3N2O3/c1-12(2,3)21-11(19)17-9-4-6-10(7-5-9)18-20-8-13(14,15)16/h9-10,18H,4-8H2,1-3H3,(H,17,19). The molecule has 0 aliphatic heterocycles. The van der Waals surface area contributed by atoms with Crippen molar-refractivity contribution in [3.63, 3.8) is 0 Å². The van der Waals surface area contributed by atoms with E-state index in [2.05, 4.69) is 15.6 Å². The Morgan fingerprint density at radius 3 is 2.10 bits per heavy atom. The van der Waals surface area contributed by atoms with Crippen molar-refractivity contribution < 1.29 is 27.5 Å². The number of carbonyl (C=O) groups is 1. The Morgan fingerprint density at radius 2 is 1.62 bits per heavy atom. The van der Waals surface area contributed by atoms with E-state index < -0.39 is 24.5 Å². The van der Waals surface area contributed by atoms with Crippen LogP contribution >= 0.6 is 0 Å². The van der Waals surface area contributed by atoms with Crippen molar-refractivity contribution >= 4 is 6.09 Å². The molecule has 0 atom stereocenters. The van der Waals surface area contributed by atoms with Crippen LogP contribution in [0, 0.1) is 0 Å². The lowest BCUT2D eigenvalue weighted by Gasteiger charge is -2.30. The predicted octanol–water partition coefficient (Wildman–Crippen LogP) is 2.91. The topological polar surface area (TPSA) is 59.6 Å². The molecule has 21 heavy (non-hydrogen) atoms. The van der Waals surface area contributed by atoms with Crippen LogP contribution in [0.1, 0.15) is 46.5 Å². The van der Waals surface area contributed by atoms with Gasteiger partial charge in [-0.25, -0.2) is 4.79 Å². The smallest absolute Gasteiger partial charge is 0.413 e. The van der Waals surface area contributed by atoms with E-state index in [0.29, 0.717) is 25.7 Å². The molecule has 0 unspecified atom stereocenters. The van der Waals surface area contributed by atoms with Crippen LogP contribution in [0.5, 0.6) is 0 Å². The van der Waals surface area contributed by atoms with Crippen molar-refractivity contribution in [2.75, 3.05) is 6.61 Å². The highest BCUT2D eigenvalue weighted by Gasteiger charge is 2.29. The lowest BCUT2D eigenvalue weighted by Crippen LogP contribution is -2.44. The maximum Gasteiger partial charge on any atom is 0.413 e. The summed E-state index contributed by atoms with van der Waals surface area (Å²) in [6.07, 6.45) is -2.18. The van der Waals surface area contributed by atoms with Gasteiger partial charge in [-0.3, -0.25) is 4.84 Å². The van der Waals surface area contributed by atoms with Gasteiger partial charge in [-0.1, -0.05) is 0 Å². The largest absolute Gasteiger partial charge is 0.444 e. The van der Waals surface area contributed by atoms with Crippen LogP contribution in [-0.4, -0.2) is 36.6 Å². The van der Waals surface area contributed by atoms with E-state index in [0.717, 1.165) is 0 Å². The average Bonchev–Trinajstić information content (AvgIpc) is 2.27. The number of carbonyl (C=O) groups excluding carboxylic acids is 1. The molecule has 1 saturated carbocycles. The van der Waals surface area contributed by atoms with Crippen LogP contribution in [0.25, 0.3) is 0 Å². The fourth-order valence-corrected chi connectivity index (χ4v) is 2.07. The molecule has 1 fully saturated rings. The number of hydrogen-bond acceptors (Lipinski definition) is 4. The van der Waals surface area contributed by atoms with Gasteiger partial charge in [0, 0.05) is 12.1 Å². The van der Waals surface area contributed by atoms with Crippen LogP contribution in [-0.2, 0) is 9.57 Å². The van der Waals surface area contributed by atoms with Crippen LogP contribution in [0.2, 0.25) is 0 Å². The first-order valence-electron chi connectivity index (χ1n) is 6.99. The summed E-state index contributed by atoms with van der Waals surface area (Å²) in [5, 5.41) is 2.77. The Morgan fingerprint density at radius 1 is 1.10 bits per heavy atom. The lowest BCUT2D eigenvalue weighted by atomic mass is 9.92. The highest BCUT2D eigenvalue weighted by Crippen LogP contribution is 2.20. The first-order valence-corrected chi connectivity index (χ1v) is 6.99. The second kappa shape index (κ2) is 7.31. The van der Waals surface area contributed by atoms with E-state index in [1.165, 1.54) is 0 Å². The first-order chi connectivity index (χ1) is 9.55. The number of alkyl halides is 3. The van der Waals surface area contributed by atoms with Crippen molar-refractivity contribution in [3.05, 3.63) is 0 Å². The predicted molar refractivity (Wildman–Crippen MR) is 70.6 cm³/mol. The second-order valence-electron chi connectivity index (χ2n) is 6.22. The Hall–Kier alpha value is -1.02. The van der Waals surface area contributed by atoms with E-state index in [-0.39, 0.29) is 12.1 Å². The summed E-state index contributed by atoms with van der Waals surface area (Å²) in [6, 6.07) is -0.135. The van der Waals surface area contributed by atoms with Gasteiger partial charge in [-0.15, -0.1) is 0 Å². The lowest BCUT2D eigenvalue weighted by molar-refractivity contribution is -0.193. The number of alkyl carbamates (subject to hydrolysis) is 1. The summed E-state index contributed by atoms with van der Waals surface area (Å²) >= 11 is 0. The van der Waals surface area contributed by atoms with Gasteiger partial charge in [0.15, 0.2) is 6.61 Å². The molecular formula is C13H23F3N2O3. The molecule has 2 N–H and O–H groups in total. The van der Waals surface area contributed by atoms with Gasteiger partial charge < -0.3 is 10.1 Å². The normalized spacial score (nSPS) is 23.7. The van der Waals surface area contributed by atoms with Crippen molar-refractivity contribution in [2.24, 2.45) is 0 Å². The molecule has 1 aliphatic rings. The third kappa shape index (κ3) is 8.77. The van der Waals surface area contributed by atoms with E-state index in [4.69, 9.17) is 4.74 Å². The number of amides is 1. The van der Waals surface area contributed by atoms with Crippen LogP contribution < -0.4 is 10.8 Å². The van der Waals surface area contributed by atoms with Gasteiger partial charge in [-0.05, 0) is 46.5 Å². The zero-order chi connectivity index (χ0) is 16.1. The van der Waals surface area contributed by atoms with Gasteiger partial charge in [0.05, 0.1) is 0 Å². The number of hydrogen-bond donors (Lipinski definition) is 2. The zero-order valence-corrected chi connectivity index (χ0v) is 12.5. The second-order valence-corrected chi connectivity index (χ2v) is 6.22. The number of rotatable bonds is 4. The molecule has 0 saturated heterocycles. The number of hydroxylamine groups is 1. The molecule has 0 bridgehead atoms. The number of nitrogens with one attached hydrogen (secondary N) is 2. The van der Waals surface area contributed by atoms with E-state index in [1.807, 2.05) is 0 Å². The minimum Gasteiger partial charge on any atom is -0.444 e. The number of halogens is 3. The quantitative estimate of drug-likeness (QED) is 0.784. The van der Waals surface area contributed by atoms with Crippen molar-refractivity contribution in [2.45, 2.75) is 70.3 Å². The monoisotopic (exact) mass is 312 g/mol. The highest BCUT2D eigenvalue weighted by atomic mass is 19.4.